The van der Waals surface area contributed by atoms with Crippen molar-refractivity contribution in [2.45, 2.75) is 27.7 Å². The van der Waals surface area contributed by atoms with Crippen molar-refractivity contribution in [3.63, 3.8) is 0 Å². The zero-order valence-electron chi connectivity index (χ0n) is 19.2. The van der Waals surface area contributed by atoms with E-state index in [0.717, 1.165) is 46.9 Å². The average Bonchev–Trinajstić information content (AvgIpc) is 3.21. The minimum absolute atomic E-state index is 0. The Morgan fingerprint density at radius 2 is 1.69 bits per heavy atom. The van der Waals surface area contributed by atoms with Gasteiger partial charge < -0.3 is 14.4 Å². The number of anilines is 1. The van der Waals surface area contributed by atoms with Gasteiger partial charge in [0, 0.05) is 13.1 Å². The second kappa shape index (κ2) is 12.6. The standard InChI is InChI=1S/C24H31N3O3S.ClH/c1-5-26(6-2)15-16-27(22(28)17-30-19-12-9-8-11-18(19)4)24-25-23-20(29-7-3)13-10-14-21(23)31-24;/h8-14H,5-7,15-17H2,1-4H3;1H. The fraction of sp³-hybridized carbons (Fsp3) is 0.417. The van der Waals surface area contributed by atoms with Crippen LogP contribution in [0.25, 0.3) is 10.2 Å². The van der Waals surface area contributed by atoms with Crippen molar-refractivity contribution < 1.29 is 14.3 Å². The van der Waals surface area contributed by atoms with Crippen LogP contribution in [0.15, 0.2) is 42.5 Å². The first-order valence-electron chi connectivity index (χ1n) is 10.8. The molecule has 0 aliphatic heterocycles. The number of nitrogens with zero attached hydrogens (tertiary/aromatic N) is 3. The number of thiazole rings is 1. The van der Waals surface area contributed by atoms with Crippen LogP contribution in [0.3, 0.4) is 0 Å². The molecule has 1 aromatic heterocycles. The third kappa shape index (κ3) is 6.34. The fourth-order valence-corrected chi connectivity index (χ4v) is 4.37. The van der Waals surface area contributed by atoms with Crippen molar-refractivity contribution in [3.8, 4) is 11.5 Å². The lowest BCUT2D eigenvalue weighted by molar-refractivity contribution is -0.120. The van der Waals surface area contributed by atoms with Gasteiger partial charge in [0.15, 0.2) is 11.7 Å². The summed E-state index contributed by atoms with van der Waals surface area (Å²) in [5, 5.41) is 0.674. The van der Waals surface area contributed by atoms with E-state index in [0.29, 0.717) is 18.3 Å². The highest BCUT2D eigenvalue weighted by atomic mass is 35.5. The number of para-hydroxylation sites is 2. The molecule has 0 atom stereocenters. The molecule has 0 unspecified atom stereocenters. The van der Waals surface area contributed by atoms with Crippen LogP contribution >= 0.6 is 23.7 Å². The third-order valence-corrected chi connectivity index (χ3v) is 6.23. The highest BCUT2D eigenvalue weighted by Crippen LogP contribution is 2.34. The van der Waals surface area contributed by atoms with Gasteiger partial charge in [0.05, 0.1) is 11.3 Å². The van der Waals surface area contributed by atoms with Crippen LogP contribution in [0.2, 0.25) is 0 Å². The van der Waals surface area contributed by atoms with Gasteiger partial charge in [-0.3, -0.25) is 9.69 Å². The van der Waals surface area contributed by atoms with Gasteiger partial charge in [-0.15, -0.1) is 12.4 Å². The molecule has 0 saturated heterocycles. The summed E-state index contributed by atoms with van der Waals surface area (Å²) in [6.45, 7) is 11.9. The predicted octanol–water partition coefficient (Wildman–Crippen LogP) is 5.18. The summed E-state index contributed by atoms with van der Waals surface area (Å²) in [6, 6.07) is 13.6. The number of aromatic nitrogens is 1. The second-order valence-electron chi connectivity index (χ2n) is 7.16. The summed E-state index contributed by atoms with van der Waals surface area (Å²) in [6.07, 6.45) is 0. The summed E-state index contributed by atoms with van der Waals surface area (Å²) in [5.41, 5.74) is 1.80. The summed E-state index contributed by atoms with van der Waals surface area (Å²) in [4.78, 5) is 22.0. The highest BCUT2D eigenvalue weighted by molar-refractivity contribution is 7.22. The van der Waals surface area contributed by atoms with Crippen LogP contribution in [0.4, 0.5) is 5.13 Å². The Balaban J connectivity index is 0.00000363. The van der Waals surface area contributed by atoms with E-state index in [4.69, 9.17) is 14.5 Å². The van der Waals surface area contributed by atoms with Crippen molar-refractivity contribution in [2.75, 3.05) is 44.3 Å². The van der Waals surface area contributed by atoms with Crippen molar-refractivity contribution in [1.82, 2.24) is 9.88 Å². The molecule has 32 heavy (non-hydrogen) atoms. The highest BCUT2D eigenvalue weighted by Gasteiger charge is 2.22. The summed E-state index contributed by atoms with van der Waals surface area (Å²) >= 11 is 1.51. The second-order valence-corrected chi connectivity index (χ2v) is 8.17. The van der Waals surface area contributed by atoms with Crippen LogP contribution in [0.1, 0.15) is 26.3 Å². The molecule has 1 heterocycles. The molecule has 174 valence electrons. The Bertz CT molecular complexity index is 1010. The molecule has 0 N–H and O–H groups in total. The van der Waals surface area contributed by atoms with E-state index in [2.05, 4.69) is 18.7 Å². The number of halogens is 1. The van der Waals surface area contributed by atoms with Gasteiger partial charge in [-0.25, -0.2) is 4.98 Å². The lowest BCUT2D eigenvalue weighted by atomic mass is 10.2. The number of aryl methyl sites for hydroxylation is 1. The van der Waals surface area contributed by atoms with Crippen LogP contribution in [0, 0.1) is 6.92 Å². The first-order chi connectivity index (χ1) is 15.1. The van der Waals surface area contributed by atoms with Gasteiger partial charge in [-0.2, -0.15) is 0 Å². The molecular formula is C24H32ClN3O3S. The number of carbonyl (C=O) groups excluding carboxylic acids is 1. The zero-order valence-corrected chi connectivity index (χ0v) is 20.8. The van der Waals surface area contributed by atoms with E-state index in [-0.39, 0.29) is 24.9 Å². The summed E-state index contributed by atoms with van der Waals surface area (Å²) in [7, 11) is 0. The average molecular weight is 478 g/mol. The van der Waals surface area contributed by atoms with E-state index in [1.165, 1.54) is 11.3 Å². The molecule has 8 heteroatoms. The molecule has 1 amide bonds. The molecule has 0 saturated carbocycles. The van der Waals surface area contributed by atoms with Gasteiger partial charge in [0.2, 0.25) is 0 Å². The van der Waals surface area contributed by atoms with E-state index in [9.17, 15) is 4.79 Å². The number of hydrogen-bond acceptors (Lipinski definition) is 6. The van der Waals surface area contributed by atoms with E-state index >= 15 is 0 Å². The van der Waals surface area contributed by atoms with Gasteiger partial charge in [-0.05, 0) is 50.7 Å². The number of carbonyl (C=O) groups is 1. The minimum Gasteiger partial charge on any atom is -0.492 e. The van der Waals surface area contributed by atoms with Gasteiger partial charge in [0.1, 0.15) is 17.0 Å². The Kier molecular flexibility index (Phi) is 10.2. The monoisotopic (exact) mass is 477 g/mol. The topological polar surface area (TPSA) is 54.9 Å². The number of fused-ring (bicyclic) bond motifs is 1. The quantitative estimate of drug-likeness (QED) is 0.381. The van der Waals surface area contributed by atoms with Gasteiger partial charge in [0.25, 0.3) is 5.91 Å². The van der Waals surface area contributed by atoms with Crippen molar-refractivity contribution in [3.05, 3.63) is 48.0 Å². The normalized spacial score (nSPS) is 10.8. The number of likely N-dealkylation sites (N-methyl/N-ethyl adjacent to an activating group) is 1. The maximum Gasteiger partial charge on any atom is 0.266 e. The van der Waals surface area contributed by atoms with Crippen molar-refractivity contribution in [1.29, 1.82) is 0 Å². The number of ether oxygens (including phenoxy) is 2. The molecule has 0 bridgehead atoms. The van der Waals surface area contributed by atoms with Crippen molar-refractivity contribution >= 4 is 45.0 Å². The Morgan fingerprint density at radius 3 is 2.38 bits per heavy atom. The lowest BCUT2D eigenvalue weighted by Crippen LogP contribution is -2.41. The molecular weight excluding hydrogens is 446 g/mol. The smallest absolute Gasteiger partial charge is 0.266 e. The molecule has 0 fully saturated rings. The van der Waals surface area contributed by atoms with E-state index < -0.39 is 0 Å². The molecule has 6 nitrogen and oxygen atoms in total. The van der Waals surface area contributed by atoms with Crippen LogP contribution in [-0.4, -0.2) is 55.2 Å². The lowest BCUT2D eigenvalue weighted by Gasteiger charge is -2.24. The number of amides is 1. The van der Waals surface area contributed by atoms with E-state index in [1.54, 1.807) is 4.90 Å². The Labute approximate surface area is 200 Å². The molecule has 3 aromatic rings. The largest absolute Gasteiger partial charge is 0.492 e. The fourth-order valence-electron chi connectivity index (χ4n) is 3.34. The summed E-state index contributed by atoms with van der Waals surface area (Å²) < 4.78 is 12.6. The molecule has 0 radical (unpaired) electrons. The SMILES string of the molecule is CCOc1cccc2sc(N(CCN(CC)CC)C(=O)COc3ccccc3C)nc12.Cl. The molecule has 2 aromatic carbocycles. The number of hydrogen-bond donors (Lipinski definition) is 0. The summed E-state index contributed by atoms with van der Waals surface area (Å²) in [5.74, 6) is 1.37. The number of benzene rings is 2. The molecule has 3 rings (SSSR count). The molecule has 0 aliphatic carbocycles. The molecule has 0 aliphatic rings. The first-order valence-corrected chi connectivity index (χ1v) is 11.6. The van der Waals surface area contributed by atoms with Crippen LogP contribution in [-0.2, 0) is 4.79 Å². The van der Waals surface area contributed by atoms with Crippen molar-refractivity contribution in [2.24, 2.45) is 0 Å². The minimum atomic E-state index is -0.104. The van der Waals surface area contributed by atoms with Gasteiger partial charge in [-0.1, -0.05) is 49.4 Å². The third-order valence-electron chi connectivity index (χ3n) is 5.18. The van der Waals surface area contributed by atoms with Crippen LogP contribution < -0.4 is 14.4 Å². The van der Waals surface area contributed by atoms with Crippen LogP contribution in [0.5, 0.6) is 11.5 Å². The van der Waals surface area contributed by atoms with E-state index in [1.807, 2.05) is 56.3 Å². The predicted molar refractivity (Wildman–Crippen MR) is 135 cm³/mol. The maximum absolute atomic E-state index is 13.2. The number of rotatable bonds is 11. The Hall–Kier alpha value is -2.35. The molecule has 0 spiro atoms. The maximum atomic E-state index is 13.2. The van der Waals surface area contributed by atoms with Gasteiger partial charge >= 0.3 is 0 Å². The first kappa shape index (κ1) is 25.9. The zero-order chi connectivity index (χ0) is 22.2. The Morgan fingerprint density at radius 1 is 0.969 bits per heavy atom.